The molecule has 1 saturated heterocycles. The molecule has 1 aliphatic rings. The molecule has 1 atom stereocenters. The number of nitrogens with two attached hydrogens (primary N) is 1. The number of halogens is 3. The van der Waals surface area contributed by atoms with E-state index < -0.39 is 12.1 Å². The highest BCUT2D eigenvalue weighted by Gasteiger charge is 2.44. The van der Waals surface area contributed by atoms with Crippen LogP contribution in [0.4, 0.5) is 13.2 Å². The number of hydrogen-bond donors (Lipinski definition) is 1. The molecule has 1 rings (SSSR count). The third kappa shape index (κ3) is 2.33. The van der Waals surface area contributed by atoms with Crippen LogP contribution in [0.2, 0.25) is 0 Å². The zero-order chi connectivity index (χ0) is 10.1. The lowest BCUT2D eigenvalue weighted by Crippen LogP contribution is -2.39. The third-order valence-electron chi connectivity index (χ3n) is 2.15. The number of hydrogen-bond acceptors (Lipinski definition) is 2. The van der Waals surface area contributed by atoms with Crippen molar-refractivity contribution in [2.24, 2.45) is 11.7 Å². The Balaban J connectivity index is 2.52. The predicted octanol–water partition coefficient (Wildman–Crippen LogP) is 0.356. The molecule has 1 amide bonds. The van der Waals surface area contributed by atoms with Gasteiger partial charge in [-0.15, -0.1) is 0 Å². The fourth-order valence-corrected chi connectivity index (χ4v) is 1.39. The highest BCUT2D eigenvalue weighted by molar-refractivity contribution is 5.82. The van der Waals surface area contributed by atoms with Crippen molar-refractivity contribution >= 4 is 5.91 Å². The van der Waals surface area contributed by atoms with Crippen molar-refractivity contribution in [2.75, 3.05) is 19.6 Å². The average Bonchev–Trinajstić information content (AvgIpc) is 2.48. The molecule has 0 aromatic heterocycles. The Morgan fingerprint density at radius 1 is 1.54 bits per heavy atom. The maximum Gasteiger partial charge on any atom is 0.471 e. The van der Waals surface area contributed by atoms with Gasteiger partial charge < -0.3 is 10.6 Å². The lowest BCUT2D eigenvalue weighted by atomic mass is 10.1. The summed E-state index contributed by atoms with van der Waals surface area (Å²) in [5.41, 5.74) is 5.29. The Bertz CT molecular complexity index is 204. The second-order valence-corrected chi connectivity index (χ2v) is 3.14. The summed E-state index contributed by atoms with van der Waals surface area (Å²) in [6, 6.07) is 0. The van der Waals surface area contributed by atoms with Crippen molar-refractivity contribution in [3.8, 4) is 0 Å². The van der Waals surface area contributed by atoms with Gasteiger partial charge in [0.25, 0.3) is 0 Å². The van der Waals surface area contributed by atoms with Crippen LogP contribution in [0.1, 0.15) is 6.42 Å². The van der Waals surface area contributed by atoms with E-state index in [0.717, 1.165) is 4.90 Å². The van der Waals surface area contributed by atoms with Crippen molar-refractivity contribution in [1.29, 1.82) is 0 Å². The third-order valence-corrected chi connectivity index (χ3v) is 2.15. The molecule has 1 heterocycles. The highest BCUT2D eigenvalue weighted by Crippen LogP contribution is 2.23. The van der Waals surface area contributed by atoms with E-state index in [1.54, 1.807) is 0 Å². The van der Waals surface area contributed by atoms with Crippen LogP contribution in [0.3, 0.4) is 0 Å². The van der Waals surface area contributed by atoms with E-state index in [2.05, 4.69) is 0 Å². The van der Waals surface area contributed by atoms with Crippen LogP contribution in [0.5, 0.6) is 0 Å². The molecule has 0 radical (unpaired) electrons. The normalized spacial score (nSPS) is 23.7. The molecule has 3 nitrogen and oxygen atoms in total. The molecule has 2 N–H and O–H groups in total. The maximum absolute atomic E-state index is 11.9. The summed E-state index contributed by atoms with van der Waals surface area (Å²) >= 11 is 0. The number of nitrogens with zero attached hydrogens (tertiary/aromatic N) is 1. The smallest absolute Gasteiger partial charge is 0.335 e. The molecule has 6 heteroatoms. The molecule has 0 spiro atoms. The van der Waals surface area contributed by atoms with Crippen LogP contribution < -0.4 is 5.73 Å². The first-order valence-electron chi connectivity index (χ1n) is 4.01. The Morgan fingerprint density at radius 2 is 2.15 bits per heavy atom. The number of rotatable bonds is 1. The summed E-state index contributed by atoms with van der Waals surface area (Å²) in [5.74, 6) is -1.73. The molecule has 1 fully saturated rings. The molecule has 0 bridgehead atoms. The standard InChI is InChI=1S/C7H11F3N2O/c8-7(9,10)6(13)12-2-1-5(3-11)4-12/h5H,1-4,11H2. The maximum atomic E-state index is 11.9. The number of carbonyl (C=O) groups is 1. The second kappa shape index (κ2) is 3.53. The Hall–Kier alpha value is -0.780. The first-order chi connectivity index (χ1) is 5.95. The van der Waals surface area contributed by atoms with E-state index in [9.17, 15) is 18.0 Å². The summed E-state index contributed by atoms with van der Waals surface area (Å²) in [5, 5.41) is 0. The van der Waals surface area contributed by atoms with Crippen LogP contribution in [-0.4, -0.2) is 36.6 Å². The van der Waals surface area contributed by atoms with E-state index in [-0.39, 0.29) is 19.0 Å². The Kier molecular flexibility index (Phi) is 2.80. The fourth-order valence-electron chi connectivity index (χ4n) is 1.39. The lowest BCUT2D eigenvalue weighted by molar-refractivity contribution is -0.184. The summed E-state index contributed by atoms with van der Waals surface area (Å²) in [6.07, 6.45) is -4.18. The topological polar surface area (TPSA) is 46.3 Å². The molecule has 1 unspecified atom stereocenters. The zero-order valence-corrected chi connectivity index (χ0v) is 6.97. The largest absolute Gasteiger partial charge is 0.471 e. The molecule has 0 aromatic carbocycles. The van der Waals surface area contributed by atoms with Crippen molar-refractivity contribution in [3.63, 3.8) is 0 Å². The van der Waals surface area contributed by atoms with Crippen LogP contribution in [0, 0.1) is 5.92 Å². The van der Waals surface area contributed by atoms with Gasteiger partial charge in [0.2, 0.25) is 0 Å². The first kappa shape index (κ1) is 10.3. The Morgan fingerprint density at radius 3 is 2.54 bits per heavy atom. The molecule has 0 aromatic rings. The number of carbonyl (C=O) groups excluding carboxylic acids is 1. The quantitative estimate of drug-likeness (QED) is 0.658. The van der Waals surface area contributed by atoms with Crippen LogP contribution in [0.15, 0.2) is 0 Å². The van der Waals surface area contributed by atoms with Crippen LogP contribution >= 0.6 is 0 Å². The van der Waals surface area contributed by atoms with E-state index in [1.165, 1.54) is 0 Å². The van der Waals surface area contributed by atoms with Gasteiger partial charge >= 0.3 is 12.1 Å². The average molecular weight is 196 g/mol. The zero-order valence-electron chi connectivity index (χ0n) is 6.97. The molecule has 0 saturated carbocycles. The monoisotopic (exact) mass is 196 g/mol. The van der Waals surface area contributed by atoms with Gasteiger partial charge in [0, 0.05) is 13.1 Å². The minimum atomic E-state index is -4.75. The molecular formula is C7H11F3N2O. The molecular weight excluding hydrogens is 185 g/mol. The van der Waals surface area contributed by atoms with Crippen molar-refractivity contribution in [1.82, 2.24) is 4.90 Å². The predicted molar refractivity (Wildman–Crippen MR) is 39.8 cm³/mol. The second-order valence-electron chi connectivity index (χ2n) is 3.14. The SMILES string of the molecule is NCC1CCN(C(=O)C(F)(F)F)C1. The first-order valence-corrected chi connectivity index (χ1v) is 4.01. The van der Waals surface area contributed by atoms with Gasteiger partial charge in [-0.1, -0.05) is 0 Å². The van der Waals surface area contributed by atoms with Crippen LogP contribution in [-0.2, 0) is 4.79 Å². The van der Waals surface area contributed by atoms with Gasteiger partial charge in [0.05, 0.1) is 0 Å². The van der Waals surface area contributed by atoms with Crippen molar-refractivity contribution in [2.45, 2.75) is 12.6 Å². The van der Waals surface area contributed by atoms with E-state index in [0.29, 0.717) is 13.0 Å². The highest BCUT2D eigenvalue weighted by atomic mass is 19.4. The minimum Gasteiger partial charge on any atom is -0.335 e. The Labute approximate surface area is 73.7 Å². The van der Waals surface area contributed by atoms with Gasteiger partial charge in [0.1, 0.15) is 0 Å². The van der Waals surface area contributed by atoms with E-state index in [1.807, 2.05) is 0 Å². The number of alkyl halides is 3. The number of amides is 1. The van der Waals surface area contributed by atoms with Gasteiger partial charge in [-0.05, 0) is 18.9 Å². The summed E-state index contributed by atoms with van der Waals surface area (Å²) < 4.78 is 35.7. The van der Waals surface area contributed by atoms with Gasteiger partial charge in [-0.2, -0.15) is 13.2 Å². The lowest BCUT2D eigenvalue weighted by Gasteiger charge is -2.17. The minimum absolute atomic E-state index is 0.0197. The summed E-state index contributed by atoms with van der Waals surface area (Å²) in [7, 11) is 0. The van der Waals surface area contributed by atoms with Gasteiger partial charge in [0.15, 0.2) is 0 Å². The van der Waals surface area contributed by atoms with Crippen molar-refractivity contribution < 1.29 is 18.0 Å². The summed E-state index contributed by atoms with van der Waals surface area (Å²) in [6.45, 7) is 0.636. The van der Waals surface area contributed by atoms with E-state index >= 15 is 0 Å². The molecule has 0 aliphatic carbocycles. The van der Waals surface area contributed by atoms with Crippen molar-refractivity contribution in [3.05, 3.63) is 0 Å². The van der Waals surface area contributed by atoms with E-state index in [4.69, 9.17) is 5.73 Å². The molecule has 76 valence electrons. The van der Waals surface area contributed by atoms with Crippen LogP contribution in [0.25, 0.3) is 0 Å². The number of likely N-dealkylation sites (tertiary alicyclic amines) is 1. The van der Waals surface area contributed by atoms with Gasteiger partial charge in [-0.3, -0.25) is 4.79 Å². The fraction of sp³-hybridized carbons (Fsp3) is 0.857. The van der Waals surface area contributed by atoms with Gasteiger partial charge in [-0.25, -0.2) is 0 Å². The molecule has 13 heavy (non-hydrogen) atoms. The molecule has 1 aliphatic heterocycles. The summed E-state index contributed by atoms with van der Waals surface area (Å²) in [4.78, 5) is 11.5.